The summed E-state index contributed by atoms with van der Waals surface area (Å²) >= 11 is 6.18. The molecule has 0 aromatic heterocycles. The van der Waals surface area contributed by atoms with Gasteiger partial charge in [0.2, 0.25) is 0 Å². The van der Waals surface area contributed by atoms with E-state index in [1.807, 2.05) is 68.4 Å². The Balaban J connectivity index is 1.87. The third kappa shape index (κ3) is 4.50. The van der Waals surface area contributed by atoms with Gasteiger partial charge in [0, 0.05) is 17.5 Å². The summed E-state index contributed by atoms with van der Waals surface area (Å²) < 4.78 is 5.43. The molecule has 0 saturated heterocycles. The number of halogens is 1. The van der Waals surface area contributed by atoms with Crippen LogP contribution in [0.5, 0.6) is 0 Å². The fourth-order valence-corrected chi connectivity index (χ4v) is 2.49. The maximum Gasteiger partial charge on any atom is 0.407 e. The van der Waals surface area contributed by atoms with Crippen LogP contribution in [-0.4, -0.2) is 12.2 Å². The summed E-state index contributed by atoms with van der Waals surface area (Å²) in [4.78, 5) is 11.9. The van der Waals surface area contributed by atoms with E-state index in [4.69, 9.17) is 16.3 Å². The molecular weight excluding hydrogens is 298 g/mol. The fourth-order valence-electron chi connectivity index (χ4n) is 2.18. The van der Waals surface area contributed by atoms with Crippen LogP contribution in [-0.2, 0) is 11.3 Å². The number of carbonyl (C=O) groups excluding carboxylic acids is 1. The zero-order valence-electron chi connectivity index (χ0n) is 12.8. The Labute approximate surface area is 136 Å². The van der Waals surface area contributed by atoms with Gasteiger partial charge in [0.1, 0.15) is 6.10 Å². The monoisotopic (exact) mass is 317 g/mol. The third-order valence-corrected chi connectivity index (χ3v) is 4.02. The van der Waals surface area contributed by atoms with Crippen molar-refractivity contribution in [3.63, 3.8) is 0 Å². The Hall–Kier alpha value is -2.00. The number of carbonyl (C=O) groups is 1. The van der Waals surface area contributed by atoms with Gasteiger partial charge in [0.25, 0.3) is 0 Å². The predicted molar refractivity (Wildman–Crippen MR) is 89.1 cm³/mol. The molecule has 2 rings (SSSR count). The normalized spacial score (nSPS) is 13.2. The van der Waals surface area contributed by atoms with Crippen molar-refractivity contribution in [3.8, 4) is 0 Å². The summed E-state index contributed by atoms with van der Waals surface area (Å²) in [6.07, 6.45) is -0.689. The number of benzene rings is 2. The van der Waals surface area contributed by atoms with Crippen LogP contribution in [0.15, 0.2) is 54.6 Å². The lowest BCUT2D eigenvalue weighted by molar-refractivity contribution is 0.0943. The number of rotatable bonds is 5. The maximum absolute atomic E-state index is 11.9. The lowest BCUT2D eigenvalue weighted by atomic mass is 9.96. The molecule has 0 aliphatic rings. The first kappa shape index (κ1) is 16.4. The molecule has 2 unspecified atom stereocenters. The molecule has 22 heavy (non-hydrogen) atoms. The molecule has 1 amide bonds. The highest BCUT2D eigenvalue weighted by molar-refractivity contribution is 6.31. The standard InChI is InChI=1S/C18H20ClNO2/c1-13(16-10-6-7-11-17(16)19)14(2)22-18(21)20-12-15-8-4-3-5-9-15/h3-11,13-14H,12H2,1-2H3,(H,20,21). The molecule has 0 heterocycles. The first-order valence-electron chi connectivity index (χ1n) is 7.30. The number of hydrogen-bond donors (Lipinski definition) is 1. The van der Waals surface area contributed by atoms with Crippen LogP contribution in [0.1, 0.15) is 30.9 Å². The summed E-state index contributed by atoms with van der Waals surface area (Å²) in [7, 11) is 0. The van der Waals surface area contributed by atoms with Gasteiger partial charge in [0.15, 0.2) is 0 Å². The zero-order valence-corrected chi connectivity index (χ0v) is 13.5. The summed E-state index contributed by atoms with van der Waals surface area (Å²) in [6, 6.07) is 17.3. The molecule has 0 fully saturated rings. The molecule has 4 heteroatoms. The van der Waals surface area contributed by atoms with Crippen molar-refractivity contribution in [2.45, 2.75) is 32.4 Å². The SMILES string of the molecule is CC(OC(=O)NCc1ccccc1)C(C)c1ccccc1Cl. The van der Waals surface area contributed by atoms with Gasteiger partial charge in [-0.15, -0.1) is 0 Å². The van der Waals surface area contributed by atoms with Crippen molar-refractivity contribution in [2.24, 2.45) is 0 Å². The van der Waals surface area contributed by atoms with E-state index in [0.29, 0.717) is 11.6 Å². The first-order chi connectivity index (χ1) is 10.6. The van der Waals surface area contributed by atoms with Crippen LogP contribution in [0.3, 0.4) is 0 Å². The molecule has 0 aliphatic heterocycles. The lowest BCUT2D eigenvalue weighted by Crippen LogP contribution is -2.29. The highest BCUT2D eigenvalue weighted by Crippen LogP contribution is 2.27. The van der Waals surface area contributed by atoms with E-state index in [1.165, 1.54) is 0 Å². The Morgan fingerprint density at radius 1 is 1.09 bits per heavy atom. The van der Waals surface area contributed by atoms with Gasteiger partial charge in [-0.3, -0.25) is 0 Å². The van der Waals surface area contributed by atoms with E-state index in [-0.39, 0.29) is 12.0 Å². The minimum absolute atomic E-state index is 0.0242. The second-order valence-corrected chi connectivity index (χ2v) is 5.67. The average Bonchev–Trinajstić information content (AvgIpc) is 2.53. The quantitative estimate of drug-likeness (QED) is 0.863. The molecule has 1 N–H and O–H groups in total. The largest absolute Gasteiger partial charge is 0.446 e. The van der Waals surface area contributed by atoms with Crippen molar-refractivity contribution in [2.75, 3.05) is 0 Å². The zero-order chi connectivity index (χ0) is 15.9. The van der Waals surface area contributed by atoms with Crippen molar-refractivity contribution in [1.29, 1.82) is 0 Å². The lowest BCUT2D eigenvalue weighted by Gasteiger charge is -2.21. The third-order valence-electron chi connectivity index (χ3n) is 3.67. The van der Waals surface area contributed by atoms with E-state index in [0.717, 1.165) is 11.1 Å². The van der Waals surface area contributed by atoms with Crippen LogP contribution in [0.4, 0.5) is 4.79 Å². The second-order valence-electron chi connectivity index (χ2n) is 5.26. The van der Waals surface area contributed by atoms with Crippen LogP contribution >= 0.6 is 11.6 Å². The van der Waals surface area contributed by atoms with Gasteiger partial charge < -0.3 is 10.1 Å². The Kier molecular flexibility index (Phi) is 5.84. The molecule has 0 spiro atoms. The van der Waals surface area contributed by atoms with E-state index in [9.17, 15) is 4.79 Å². The Morgan fingerprint density at radius 3 is 2.41 bits per heavy atom. The minimum atomic E-state index is -0.421. The molecule has 0 saturated carbocycles. The minimum Gasteiger partial charge on any atom is -0.446 e. The van der Waals surface area contributed by atoms with E-state index in [1.54, 1.807) is 0 Å². The van der Waals surface area contributed by atoms with Crippen LogP contribution in [0.2, 0.25) is 5.02 Å². The van der Waals surface area contributed by atoms with Gasteiger partial charge in [0.05, 0.1) is 0 Å². The topological polar surface area (TPSA) is 38.3 Å². The van der Waals surface area contributed by atoms with E-state index >= 15 is 0 Å². The van der Waals surface area contributed by atoms with E-state index in [2.05, 4.69) is 5.32 Å². The van der Waals surface area contributed by atoms with Crippen molar-refractivity contribution in [1.82, 2.24) is 5.32 Å². The number of ether oxygens (including phenoxy) is 1. The summed E-state index contributed by atoms with van der Waals surface area (Å²) in [5, 5.41) is 3.45. The van der Waals surface area contributed by atoms with Gasteiger partial charge in [-0.05, 0) is 24.1 Å². The van der Waals surface area contributed by atoms with Crippen molar-refractivity contribution in [3.05, 3.63) is 70.7 Å². The molecule has 0 radical (unpaired) electrons. The van der Waals surface area contributed by atoms with Crippen LogP contribution in [0.25, 0.3) is 0 Å². The number of hydrogen-bond acceptors (Lipinski definition) is 2. The number of alkyl carbamates (subject to hydrolysis) is 1. The van der Waals surface area contributed by atoms with Gasteiger partial charge in [-0.1, -0.05) is 67.1 Å². The molecule has 116 valence electrons. The fraction of sp³-hybridized carbons (Fsp3) is 0.278. The summed E-state index contributed by atoms with van der Waals surface area (Å²) in [5.74, 6) is 0.0242. The van der Waals surface area contributed by atoms with Crippen molar-refractivity contribution < 1.29 is 9.53 Å². The molecule has 2 aromatic rings. The second kappa shape index (κ2) is 7.85. The van der Waals surface area contributed by atoms with Crippen molar-refractivity contribution >= 4 is 17.7 Å². The average molecular weight is 318 g/mol. The smallest absolute Gasteiger partial charge is 0.407 e. The number of nitrogens with one attached hydrogen (secondary N) is 1. The molecule has 0 bridgehead atoms. The molecule has 0 aliphatic carbocycles. The van der Waals surface area contributed by atoms with Gasteiger partial charge in [-0.25, -0.2) is 4.79 Å². The summed E-state index contributed by atoms with van der Waals surface area (Å²) in [6.45, 7) is 4.32. The first-order valence-corrected chi connectivity index (χ1v) is 7.68. The predicted octanol–water partition coefficient (Wildman–Crippen LogP) is 4.76. The van der Waals surface area contributed by atoms with Gasteiger partial charge >= 0.3 is 6.09 Å². The van der Waals surface area contributed by atoms with Crippen LogP contribution < -0.4 is 5.32 Å². The molecule has 2 atom stereocenters. The maximum atomic E-state index is 11.9. The van der Waals surface area contributed by atoms with E-state index < -0.39 is 6.09 Å². The molecule has 2 aromatic carbocycles. The highest BCUT2D eigenvalue weighted by Gasteiger charge is 2.20. The molecular formula is C18H20ClNO2. The Bertz CT molecular complexity index is 615. The number of amides is 1. The summed E-state index contributed by atoms with van der Waals surface area (Å²) in [5.41, 5.74) is 2.01. The Morgan fingerprint density at radius 2 is 1.73 bits per heavy atom. The molecule has 3 nitrogen and oxygen atoms in total. The highest BCUT2D eigenvalue weighted by atomic mass is 35.5. The van der Waals surface area contributed by atoms with Gasteiger partial charge in [-0.2, -0.15) is 0 Å². The van der Waals surface area contributed by atoms with Crippen LogP contribution in [0, 0.1) is 0 Å².